The molecule has 1 saturated carbocycles. The van der Waals surface area contributed by atoms with Crippen molar-refractivity contribution in [3.8, 4) is 0 Å². The van der Waals surface area contributed by atoms with Crippen LogP contribution in [0.5, 0.6) is 0 Å². The number of allylic oxidation sites excluding steroid dienone is 9. The number of nitrogens with zero attached hydrogens (tertiary/aromatic N) is 2. The molecular weight excluding hydrogens is 412 g/mol. The van der Waals surface area contributed by atoms with Crippen molar-refractivity contribution < 1.29 is 4.79 Å². The van der Waals surface area contributed by atoms with Gasteiger partial charge in [0.2, 0.25) is 0 Å². The summed E-state index contributed by atoms with van der Waals surface area (Å²) >= 11 is 0. The molecule has 0 unspecified atom stereocenters. The molecule has 0 aliphatic heterocycles. The molecule has 170 valence electrons. The summed E-state index contributed by atoms with van der Waals surface area (Å²) in [7, 11) is 0. The van der Waals surface area contributed by atoms with Gasteiger partial charge in [-0.25, -0.2) is 4.98 Å². The molecule has 0 saturated heterocycles. The van der Waals surface area contributed by atoms with Crippen LogP contribution in [0.15, 0.2) is 84.9 Å². The van der Waals surface area contributed by atoms with E-state index in [1.54, 1.807) is 18.2 Å². The minimum Gasteiger partial charge on any atom is -0.348 e. The van der Waals surface area contributed by atoms with Crippen LogP contribution in [0.1, 0.15) is 42.2 Å². The lowest BCUT2D eigenvalue weighted by Crippen LogP contribution is -2.27. The van der Waals surface area contributed by atoms with Crippen molar-refractivity contribution in [3.05, 3.63) is 102 Å². The lowest BCUT2D eigenvalue weighted by atomic mass is 10.1. The zero-order valence-corrected chi connectivity index (χ0v) is 19.2. The van der Waals surface area contributed by atoms with Gasteiger partial charge in [0.1, 0.15) is 11.5 Å². The molecule has 0 bridgehead atoms. The predicted octanol–water partition coefficient (Wildman–Crippen LogP) is 5.26. The fourth-order valence-electron chi connectivity index (χ4n) is 3.64. The molecule has 33 heavy (non-hydrogen) atoms. The number of hydrogen-bond donors (Lipinski definition) is 2. The number of amides is 1. The Bertz CT molecular complexity index is 1260. The summed E-state index contributed by atoms with van der Waals surface area (Å²) in [6.45, 7) is 13.5. The van der Waals surface area contributed by atoms with E-state index < -0.39 is 0 Å². The number of aryl methyl sites for hydroxylation is 1. The highest BCUT2D eigenvalue weighted by atomic mass is 16.2. The quantitative estimate of drug-likeness (QED) is 0.473. The van der Waals surface area contributed by atoms with E-state index in [4.69, 9.17) is 0 Å². The van der Waals surface area contributed by atoms with Gasteiger partial charge in [0.25, 0.3) is 5.91 Å². The van der Waals surface area contributed by atoms with Crippen LogP contribution in [-0.2, 0) is 0 Å². The molecule has 4 rings (SSSR count). The number of carbonyl (C=O) groups excluding carboxylic acids is 1. The average molecular weight is 443 g/mol. The molecule has 2 heterocycles. The Kier molecular flexibility index (Phi) is 7.61. The molecule has 2 aromatic rings. The van der Waals surface area contributed by atoms with Crippen LogP contribution in [0, 0.1) is 6.92 Å². The van der Waals surface area contributed by atoms with Crippen molar-refractivity contribution in [1.29, 1.82) is 0 Å². The van der Waals surface area contributed by atoms with E-state index in [-0.39, 0.29) is 17.4 Å². The van der Waals surface area contributed by atoms with Gasteiger partial charge in [0.15, 0.2) is 11.1 Å². The lowest BCUT2D eigenvalue weighted by Gasteiger charge is -2.20. The van der Waals surface area contributed by atoms with Gasteiger partial charge in [-0.3, -0.25) is 14.2 Å². The van der Waals surface area contributed by atoms with Crippen LogP contribution < -0.4 is 16.1 Å². The third kappa shape index (κ3) is 5.47. The van der Waals surface area contributed by atoms with Crippen molar-refractivity contribution in [2.45, 2.75) is 39.2 Å². The van der Waals surface area contributed by atoms with Crippen LogP contribution >= 0.6 is 0 Å². The Morgan fingerprint density at radius 3 is 2.67 bits per heavy atom. The molecule has 6 nitrogen and oxygen atoms in total. The fourth-order valence-corrected chi connectivity index (χ4v) is 3.64. The maximum absolute atomic E-state index is 13.1. The predicted molar refractivity (Wildman–Crippen MR) is 137 cm³/mol. The van der Waals surface area contributed by atoms with Crippen LogP contribution in [0.4, 0.5) is 5.82 Å². The van der Waals surface area contributed by atoms with Gasteiger partial charge < -0.3 is 10.6 Å². The van der Waals surface area contributed by atoms with E-state index in [0.717, 1.165) is 29.8 Å². The summed E-state index contributed by atoms with van der Waals surface area (Å²) in [5, 5.41) is 6.79. The fraction of sp³-hybridized carbons (Fsp3) is 0.222. The second kappa shape index (κ2) is 10.6. The number of pyridine rings is 2. The van der Waals surface area contributed by atoms with Gasteiger partial charge >= 0.3 is 0 Å². The Labute approximate surface area is 194 Å². The first-order valence-electron chi connectivity index (χ1n) is 11.0. The Morgan fingerprint density at radius 2 is 1.97 bits per heavy atom. The maximum atomic E-state index is 13.1. The maximum Gasteiger partial charge on any atom is 0.270 e. The summed E-state index contributed by atoms with van der Waals surface area (Å²) in [6, 6.07) is 3.51. The Hall–Kier alpha value is -3.93. The topological polar surface area (TPSA) is 76.0 Å². The standard InChI is InChI=1S/C25H26N4O2.C2H4/c1-4-9-17(3)26-22-15-21(30)23-16(2)14-20(25(31)27-18-12-13-18)28-24(23)29(22)19-10-7-5-6-8-11-19;1-2/h4-10,14-15,18,26H,1,11-13H2,2-3H3,(H,27,31);1-2H2/b17-9+;. The molecule has 1 fully saturated rings. The summed E-state index contributed by atoms with van der Waals surface area (Å²) in [4.78, 5) is 30.5. The van der Waals surface area contributed by atoms with Gasteiger partial charge in [-0.2, -0.15) is 0 Å². The van der Waals surface area contributed by atoms with E-state index in [1.807, 2.05) is 54.9 Å². The summed E-state index contributed by atoms with van der Waals surface area (Å²) in [5.74, 6) is 0.386. The summed E-state index contributed by atoms with van der Waals surface area (Å²) in [6.07, 6.45) is 16.1. The first-order chi connectivity index (χ1) is 16.0. The third-order valence-electron chi connectivity index (χ3n) is 5.26. The number of nitrogens with one attached hydrogen (secondary N) is 2. The van der Waals surface area contributed by atoms with Crippen LogP contribution in [0.3, 0.4) is 0 Å². The van der Waals surface area contributed by atoms with E-state index >= 15 is 0 Å². The SMILES string of the molecule is C=C.C=C/C=C(\C)Nc1cc(=O)c2c(C)cc(C(=O)NC3CC3)nc2n1C1=CC=CC=CC1. The average Bonchev–Trinajstić information content (AvgIpc) is 3.62. The van der Waals surface area contributed by atoms with E-state index in [1.165, 1.54) is 0 Å². The van der Waals surface area contributed by atoms with Crippen molar-refractivity contribution in [2.75, 3.05) is 5.32 Å². The zero-order chi connectivity index (χ0) is 24.0. The molecule has 2 aliphatic rings. The number of carbonyl (C=O) groups is 1. The summed E-state index contributed by atoms with van der Waals surface area (Å²) < 4.78 is 1.93. The minimum absolute atomic E-state index is 0.139. The number of aromatic nitrogens is 2. The Morgan fingerprint density at radius 1 is 1.21 bits per heavy atom. The number of fused-ring (bicyclic) bond motifs is 1. The molecule has 0 atom stereocenters. The zero-order valence-electron chi connectivity index (χ0n) is 19.2. The molecule has 2 N–H and O–H groups in total. The monoisotopic (exact) mass is 442 g/mol. The second-order valence-electron chi connectivity index (χ2n) is 7.89. The number of anilines is 1. The van der Waals surface area contributed by atoms with Crippen molar-refractivity contribution in [1.82, 2.24) is 14.9 Å². The number of rotatable bonds is 6. The lowest BCUT2D eigenvalue weighted by molar-refractivity contribution is 0.0946. The molecule has 2 aliphatic carbocycles. The molecule has 6 heteroatoms. The highest BCUT2D eigenvalue weighted by molar-refractivity contribution is 5.96. The molecule has 2 aromatic heterocycles. The highest BCUT2D eigenvalue weighted by Gasteiger charge is 2.25. The van der Waals surface area contributed by atoms with Gasteiger partial charge in [0, 0.05) is 29.9 Å². The third-order valence-corrected chi connectivity index (χ3v) is 5.26. The van der Waals surface area contributed by atoms with Crippen molar-refractivity contribution in [2.24, 2.45) is 0 Å². The van der Waals surface area contributed by atoms with E-state index in [0.29, 0.717) is 29.0 Å². The van der Waals surface area contributed by atoms with Gasteiger partial charge in [0.05, 0.1) is 5.39 Å². The first-order valence-corrected chi connectivity index (χ1v) is 11.0. The van der Waals surface area contributed by atoms with Crippen LogP contribution in [-0.4, -0.2) is 21.5 Å². The molecule has 1 amide bonds. The highest BCUT2D eigenvalue weighted by Crippen LogP contribution is 2.27. The molecule has 0 spiro atoms. The Balaban J connectivity index is 0.00000149. The van der Waals surface area contributed by atoms with Crippen molar-refractivity contribution >= 4 is 28.5 Å². The number of hydrogen-bond acceptors (Lipinski definition) is 4. The molecule has 0 aromatic carbocycles. The van der Waals surface area contributed by atoms with Crippen LogP contribution in [0.2, 0.25) is 0 Å². The van der Waals surface area contributed by atoms with Gasteiger partial charge in [-0.15, -0.1) is 13.2 Å². The van der Waals surface area contributed by atoms with E-state index in [9.17, 15) is 9.59 Å². The first kappa shape index (κ1) is 23.7. The van der Waals surface area contributed by atoms with E-state index in [2.05, 4.69) is 35.4 Å². The summed E-state index contributed by atoms with van der Waals surface area (Å²) in [5.41, 5.74) is 3.16. The minimum atomic E-state index is -0.206. The smallest absolute Gasteiger partial charge is 0.270 e. The molecule has 0 radical (unpaired) electrons. The molecular formula is C27H30N4O2. The van der Waals surface area contributed by atoms with Gasteiger partial charge in [-0.05, 0) is 50.5 Å². The normalized spacial score (nSPS) is 15.2. The second-order valence-corrected chi connectivity index (χ2v) is 7.89. The van der Waals surface area contributed by atoms with Crippen molar-refractivity contribution in [3.63, 3.8) is 0 Å². The largest absolute Gasteiger partial charge is 0.348 e. The van der Waals surface area contributed by atoms with Crippen LogP contribution in [0.25, 0.3) is 16.7 Å². The van der Waals surface area contributed by atoms with Gasteiger partial charge in [-0.1, -0.05) is 37.0 Å².